The number of rotatable bonds is 8. The number of carbonyl (C=O) groups is 1. The van der Waals surface area contributed by atoms with E-state index in [4.69, 9.17) is 9.72 Å². The second-order valence-corrected chi connectivity index (χ2v) is 9.19. The van der Waals surface area contributed by atoms with Crippen LogP contribution in [0.4, 0.5) is 5.69 Å². The molecule has 0 radical (unpaired) electrons. The summed E-state index contributed by atoms with van der Waals surface area (Å²) in [6.07, 6.45) is 5.08. The van der Waals surface area contributed by atoms with Gasteiger partial charge in [-0.1, -0.05) is 87.3 Å². The number of thioether (sulfide) groups is 1. The number of aromatic nitrogens is 3. The van der Waals surface area contributed by atoms with Gasteiger partial charge in [-0.05, 0) is 24.5 Å². The molecular weight excluding hydrogens is 432 g/mol. The third-order valence-electron chi connectivity index (χ3n) is 5.75. The second-order valence-electron chi connectivity index (χ2n) is 8.13. The van der Waals surface area contributed by atoms with Gasteiger partial charge in [-0.15, -0.1) is 10.2 Å². The van der Waals surface area contributed by atoms with Crippen molar-refractivity contribution in [2.45, 2.75) is 64.3 Å². The molecular formula is C26H30N4O2S. The summed E-state index contributed by atoms with van der Waals surface area (Å²) in [7, 11) is 0. The van der Waals surface area contributed by atoms with Gasteiger partial charge in [0.15, 0.2) is 5.69 Å². The van der Waals surface area contributed by atoms with Gasteiger partial charge < -0.3 is 4.74 Å². The molecule has 3 aromatic rings. The minimum Gasteiger partial charge on any atom is -0.447 e. The Morgan fingerprint density at radius 1 is 1.03 bits per heavy atom. The second kappa shape index (κ2) is 10.8. The first-order chi connectivity index (χ1) is 16.1. The van der Waals surface area contributed by atoms with Gasteiger partial charge in [0.05, 0.1) is 5.69 Å². The Morgan fingerprint density at radius 3 is 2.55 bits per heavy atom. The lowest BCUT2D eigenvalue weighted by Gasteiger charge is -2.30. The van der Waals surface area contributed by atoms with Crippen LogP contribution in [0.15, 0.2) is 53.7 Å². The van der Waals surface area contributed by atoms with E-state index in [2.05, 4.69) is 36.2 Å². The Bertz CT molecular complexity index is 1100. The number of para-hydroxylation sites is 1. The van der Waals surface area contributed by atoms with E-state index in [9.17, 15) is 4.79 Å². The predicted octanol–water partition coefficient (Wildman–Crippen LogP) is 6.22. The standard InChI is InChI=1S/C26H30N4O2S/c1-4-6-7-10-17-33-26-27-24-23(28-29-26)21-11-8-9-12-22(21)30(18(3)31)25(32-24)20-15-13-19(5-2)14-16-20/h8-9,11-16,25H,4-7,10,17H2,1-3H3. The summed E-state index contributed by atoms with van der Waals surface area (Å²) in [5, 5.41) is 9.44. The minimum atomic E-state index is -0.644. The summed E-state index contributed by atoms with van der Waals surface area (Å²) in [6.45, 7) is 5.88. The molecule has 2 heterocycles. The van der Waals surface area contributed by atoms with Crippen LogP contribution in [0.1, 0.15) is 63.8 Å². The molecule has 0 spiro atoms. The number of hydrogen-bond donors (Lipinski definition) is 0. The number of benzene rings is 2. The highest BCUT2D eigenvalue weighted by Crippen LogP contribution is 2.43. The summed E-state index contributed by atoms with van der Waals surface area (Å²) < 4.78 is 6.44. The molecule has 7 heteroatoms. The van der Waals surface area contributed by atoms with E-state index in [1.54, 1.807) is 23.6 Å². The van der Waals surface area contributed by atoms with Crippen molar-refractivity contribution in [3.63, 3.8) is 0 Å². The Hall–Kier alpha value is -2.93. The van der Waals surface area contributed by atoms with Crippen LogP contribution in [-0.4, -0.2) is 26.8 Å². The largest absolute Gasteiger partial charge is 0.447 e. The fraction of sp³-hybridized carbons (Fsp3) is 0.385. The number of hydrogen-bond acceptors (Lipinski definition) is 6. The molecule has 1 aliphatic heterocycles. The SMILES string of the molecule is CCCCCCSc1nnc2c(n1)OC(c1ccc(CC)cc1)N(C(C)=O)c1ccccc1-2. The first-order valence-corrected chi connectivity index (χ1v) is 12.6. The average Bonchev–Trinajstić information content (AvgIpc) is 2.98. The van der Waals surface area contributed by atoms with Gasteiger partial charge in [0.25, 0.3) is 0 Å². The number of fused-ring (bicyclic) bond motifs is 3. The van der Waals surface area contributed by atoms with Gasteiger partial charge in [-0.2, -0.15) is 4.98 Å². The minimum absolute atomic E-state index is 0.113. The highest BCUT2D eigenvalue weighted by atomic mass is 32.2. The van der Waals surface area contributed by atoms with E-state index < -0.39 is 6.23 Å². The third kappa shape index (κ3) is 5.19. The summed E-state index contributed by atoms with van der Waals surface area (Å²) in [6, 6.07) is 15.9. The van der Waals surface area contributed by atoms with Crippen molar-refractivity contribution in [1.29, 1.82) is 0 Å². The van der Waals surface area contributed by atoms with Crippen LogP contribution < -0.4 is 9.64 Å². The van der Waals surface area contributed by atoms with Gasteiger partial charge in [-0.25, -0.2) is 0 Å². The zero-order valence-electron chi connectivity index (χ0n) is 19.5. The molecule has 4 rings (SSSR count). The molecule has 6 nitrogen and oxygen atoms in total. The topological polar surface area (TPSA) is 68.2 Å². The van der Waals surface area contributed by atoms with Crippen molar-refractivity contribution in [2.75, 3.05) is 10.7 Å². The molecule has 1 amide bonds. The summed E-state index contributed by atoms with van der Waals surface area (Å²) in [5.41, 5.74) is 4.20. The number of aryl methyl sites for hydroxylation is 1. The van der Waals surface area contributed by atoms with E-state index in [1.165, 1.54) is 24.8 Å². The lowest BCUT2D eigenvalue weighted by atomic mass is 10.1. The number of ether oxygens (including phenoxy) is 1. The zero-order valence-corrected chi connectivity index (χ0v) is 20.3. The number of anilines is 1. The fourth-order valence-corrected chi connectivity index (χ4v) is 4.72. The predicted molar refractivity (Wildman–Crippen MR) is 132 cm³/mol. The monoisotopic (exact) mass is 462 g/mol. The maximum Gasteiger partial charge on any atom is 0.247 e. The van der Waals surface area contributed by atoms with Crippen LogP contribution in [-0.2, 0) is 11.2 Å². The smallest absolute Gasteiger partial charge is 0.247 e. The Labute approximate surface area is 199 Å². The lowest BCUT2D eigenvalue weighted by molar-refractivity contribution is -0.118. The highest BCUT2D eigenvalue weighted by Gasteiger charge is 2.34. The van der Waals surface area contributed by atoms with Crippen molar-refractivity contribution < 1.29 is 9.53 Å². The van der Waals surface area contributed by atoms with Crippen molar-refractivity contribution in [3.8, 4) is 17.1 Å². The molecule has 0 fully saturated rings. The van der Waals surface area contributed by atoms with Crippen LogP contribution >= 0.6 is 11.8 Å². The van der Waals surface area contributed by atoms with Crippen molar-refractivity contribution >= 4 is 23.4 Å². The number of nitrogens with zero attached hydrogens (tertiary/aromatic N) is 4. The van der Waals surface area contributed by atoms with E-state index in [0.29, 0.717) is 16.7 Å². The number of amides is 1. The molecule has 0 saturated carbocycles. The van der Waals surface area contributed by atoms with E-state index in [-0.39, 0.29) is 5.91 Å². The first kappa shape index (κ1) is 23.2. The number of carbonyl (C=O) groups excluding carboxylic acids is 1. The summed E-state index contributed by atoms with van der Waals surface area (Å²) in [4.78, 5) is 19.3. The molecule has 0 aliphatic carbocycles. The van der Waals surface area contributed by atoms with Crippen LogP contribution in [0.25, 0.3) is 11.3 Å². The van der Waals surface area contributed by atoms with E-state index in [0.717, 1.165) is 35.4 Å². The highest BCUT2D eigenvalue weighted by molar-refractivity contribution is 7.99. The average molecular weight is 463 g/mol. The fourth-order valence-electron chi connectivity index (χ4n) is 3.94. The van der Waals surface area contributed by atoms with Crippen molar-refractivity contribution in [3.05, 3.63) is 59.7 Å². The molecule has 1 aromatic heterocycles. The van der Waals surface area contributed by atoms with Gasteiger partial charge in [-0.3, -0.25) is 9.69 Å². The number of unbranched alkanes of at least 4 members (excludes halogenated alkanes) is 3. The Balaban J connectivity index is 1.73. The van der Waals surface area contributed by atoms with Crippen molar-refractivity contribution in [2.24, 2.45) is 0 Å². The first-order valence-electron chi connectivity index (χ1n) is 11.6. The lowest BCUT2D eigenvalue weighted by Crippen LogP contribution is -2.36. The Morgan fingerprint density at radius 2 is 1.82 bits per heavy atom. The Kier molecular flexibility index (Phi) is 7.60. The van der Waals surface area contributed by atoms with Gasteiger partial charge >= 0.3 is 0 Å². The molecule has 0 saturated heterocycles. The molecule has 1 unspecified atom stereocenters. The van der Waals surface area contributed by atoms with Gasteiger partial charge in [0, 0.05) is 23.8 Å². The van der Waals surface area contributed by atoms with E-state index in [1.807, 2.05) is 36.4 Å². The zero-order chi connectivity index (χ0) is 23.2. The van der Waals surface area contributed by atoms with E-state index >= 15 is 0 Å². The molecule has 1 atom stereocenters. The molecule has 0 bridgehead atoms. The quantitative estimate of drug-likeness (QED) is 0.292. The van der Waals surface area contributed by atoms with Gasteiger partial charge in [0.1, 0.15) is 0 Å². The van der Waals surface area contributed by atoms with Crippen LogP contribution in [0.2, 0.25) is 0 Å². The molecule has 0 N–H and O–H groups in total. The van der Waals surface area contributed by atoms with Gasteiger partial charge in [0.2, 0.25) is 23.2 Å². The maximum atomic E-state index is 12.9. The van der Waals surface area contributed by atoms with Crippen molar-refractivity contribution in [1.82, 2.24) is 15.2 Å². The third-order valence-corrected chi connectivity index (χ3v) is 6.68. The van der Waals surface area contributed by atoms with Crippen LogP contribution in [0.5, 0.6) is 5.88 Å². The maximum absolute atomic E-state index is 12.9. The molecule has 2 aromatic carbocycles. The normalized spacial score (nSPS) is 14.8. The van der Waals surface area contributed by atoms with Crippen LogP contribution in [0.3, 0.4) is 0 Å². The summed E-state index contributed by atoms with van der Waals surface area (Å²) >= 11 is 1.60. The molecule has 1 aliphatic rings. The molecule has 172 valence electrons. The summed E-state index contributed by atoms with van der Waals surface area (Å²) in [5.74, 6) is 1.23. The molecule has 33 heavy (non-hydrogen) atoms. The van der Waals surface area contributed by atoms with Crippen LogP contribution in [0, 0.1) is 0 Å².